The van der Waals surface area contributed by atoms with Crippen LogP contribution in [0.5, 0.6) is 0 Å². The highest BCUT2D eigenvalue weighted by Gasteiger charge is 2.25. The Labute approximate surface area is 120 Å². The van der Waals surface area contributed by atoms with Gasteiger partial charge in [-0.15, -0.1) is 0 Å². The molecule has 0 saturated carbocycles. The lowest BCUT2D eigenvalue weighted by atomic mass is 10.1. The van der Waals surface area contributed by atoms with Crippen LogP contribution in [-0.4, -0.2) is 66.7 Å². The number of nitrogens with zero attached hydrogens (tertiary/aromatic N) is 6. The highest BCUT2D eigenvalue weighted by atomic mass is 15.4. The van der Waals surface area contributed by atoms with Crippen molar-refractivity contribution >= 4 is 17.8 Å². The molecule has 1 aliphatic rings. The van der Waals surface area contributed by atoms with Crippen LogP contribution in [-0.2, 0) is 0 Å². The number of nitrogens with one attached hydrogen (secondary N) is 1. The summed E-state index contributed by atoms with van der Waals surface area (Å²) in [7, 11) is 5.97. The first-order valence-electron chi connectivity index (χ1n) is 6.90. The molecule has 3 N–H and O–H groups in total. The van der Waals surface area contributed by atoms with Crippen LogP contribution in [0.1, 0.15) is 13.3 Å². The molecule has 2 heterocycles. The quantitative estimate of drug-likeness (QED) is 0.577. The molecular weight excluding hydrogens is 256 g/mol. The van der Waals surface area contributed by atoms with E-state index in [1.165, 1.54) is 0 Å². The van der Waals surface area contributed by atoms with Crippen molar-refractivity contribution in [3.8, 4) is 0 Å². The summed E-state index contributed by atoms with van der Waals surface area (Å²) in [5, 5.41) is 0. The van der Waals surface area contributed by atoms with E-state index in [1.807, 2.05) is 19.0 Å². The van der Waals surface area contributed by atoms with E-state index in [2.05, 4.69) is 44.1 Å². The zero-order valence-electron chi connectivity index (χ0n) is 12.7. The highest BCUT2D eigenvalue weighted by molar-refractivity contribution is 5.44. The van der Waals surface area contributed by atoms with E-state index in [0.29, 0.717) is 23.9 Å². The number of anilines is 3. The average molecular weight is 280 g/mol. The Bertz CT molecular complexity index is 449. The van der Waals surface area contributed by atoms with Crippen molar-refractivity contribution in [2.75, 3.05) is 56.0 Å². The summed E-state index contributed by atoms with van der Waals surface area (Å²) in [4.78, 5) is 19.5. The molecule has 1 unspecified atom stereocenters. The van der Waals surface area contributed by atoms with Gasteiger partial charge in [-0.2, -0.15) is 15.0 Å². The van der Waals surface area contributed by atoms with Gasteiger partial charge in [-0.25, -0.2) is 5.84 Å². The van der Waals surface area contributed by atoms with Gasteiger partial charge in [-0.05, 0) is 13.5 Å². The minimum Gasteiger partial charge on any atom is -0.347 e. The van der Waals surface area contributed by atoms with E-state index in [4.69, 9.17) is 5.84 Å². The zero-order valence-corrected chi connectivity index (χ0v) is 12.7. The fourth-order valence-electron chi connectivity index (χ4n) is 2.33. The molecule has 0 spiro atoms. The summed E-state index contributed by atoms with van der Waals surface area (Å²) >= 11 is 0. The SMILES string of the molecule is CCC1CN(c2nc(NN)nc(N(C)C)n2)CCN1C. The number of hydrogen-bond donors (Lipinski definition) is 2. The van der Waals surface area contributed by atoms with Crippen LogP contribution < -0.4 is 21.1 Å². The average Bonchev–Trinajstić information content (AvgIpc) is 2.47. The number of nitrogens with two attached hydrogens (primary N) is 1. The molecule has 20 heavy (non-hydrogen) atoms. The van der Waals surface area contributed by atoms with Crippen molar-refractivity contribution < 1.29 is 0 Å². The summed E-state index contributed by atoms with van der Waals surface area (Å²) in [5.74, 6) is 7.13. The van der Waals surface area contributed by atoms with Crippen LogP contribution >= 0.6 is 0 Å². The molecule has 1 aromatic heterocycles. The monoisotopic (exact) mass is 280 g/mol. The topological polar surface area (TPSA) is 86.4 Å². The molecule has 2 rings (SSSR count). The van der Waals surface area contributed by atoms with Gasteiger partial charge in [0, 0.05) is 39.8 Å². The number of nitrogen functional groups attached to an aromatic ring is 1. The fraction of sp³-hybridized carbons (Fsp3) is 0.750. The molecule has 0 bridgehead atoms. The third kappa shape index (κ3) is 3.07. The molecule has 112 valence electrons. The third-order valence-corrected chi connectivity index (χ3v) is 3.67. The maximum Gasteiger partial charge on any atom is 0.243 e. The minimum atomic E-state index is 0.394. The number of likely N-dealkylation sites (N-methyl/N-ethyl adjacent to an activating group) is 1. The first-order chi connectivity index (χ1) is 9.55. The zero-order chi connectivity index (χ0) is 14.7. The fourth-order valence-corrected chi connectivity index (χ4v) is 2.33. The largest absolute Gasteiger partial charge is 0.347 e. The summed E-state index contributed by atoms with van der Waals surface area (Å²) in [6.07, 6.45) is 1.11. The van der Waals surface area contributed by atoms with Crippen molar-refractivity contribution in [1.82, 2.24) is 19.9 Å². The second-order valence-corrected chi connectivity index (χ2v) is 5.29. The summed E-state index contributed by atoms with van der Waals surface area (Å²) < 4.78 is 0. The van der Waals surface area contributed by atoms with Crippen LogP contribution in [0.2, 0.25) is 0 Å². The van der Waals surface area contributed by atoms with E-state index in [1.54, 1.807) is 0 Å². The van der Waals surface area contributed by atoms with Gasteiger partial charge < -0.3 is 9.80 Å². The molecule has 1 atom stereocenters. The second-order valence-electron chi connectivity index (χ2n) is 5.29. The Morgan fingerprint density at radius 3 is 2.65 bits per heavy atom. The lowest BCUT2D eigenvalue weighted by Crippen LogP contribution is -2.51. The van der Waals surface area contributed by atoms with Crippen molar-refractivity contribution in [3.05, 3.63) is 0 Å². The standard InChI is InChI=1S/C12H24N8/c1-5-9-8-20(7-6-19(9)4)12-15-10(17-13)14-11(16-12)18(2)3/h9H,5-8,13H2,1-4H3,(H,14,15,16,17). The Kier molecular flexibility index (Phi) is 4.56. The van der Waals surface area contributed by atoms with Crippen LogP contribution in [0.15, 0.2) is 0 Å². The Hall–Kier alpha value is -1.67. The van der Waals surface area contributed by atoms with Gasteiger partial charge >= 0.3 is 0 Å². The minimum absolute atomic E-state index is 0.394. The number of hydrogen-bond acceptors (Lipinski definition) is 8. The van der Waals surface area contributed by atoms with E-state index < -0.39 is 0 Å². The maximum absolute atomic E-state index is 5.44. The Balaban J connectivity index is 2.25. The second kappa shape index (κ2) is 6.19. The van der Waals surface area contributed by atoms with Gasteiger partial charge in [0.15, 0.2) is 0 Å². The van der Waals surface area contributed by atoms with Crippen molar-refractivity contribution in [3.63, 3.8) is 0 Å². The lowest BCUT2D eigenvalue weighted by molar-refractivity contribution is 0.212. The molecule has 0 radical (unpaired) electrons. The lowest BCUT2D eigenvalue weighted by Gasteiger charge is -2.39. The molecule has 0 aromatic carbocycles. The highest BCUT2D eigenvalue weighted by Crippen LogP contribution is 2.19. The first-order valence-corrected chi connectivity index (χ1v) is 6.90. The van der Waals surface area contributed by atoms with E-state index >= 15 is 0 Å². The maximum atomic E-state index is 5.44. The number of piperazine rings is 1. The van der Waals surface area contributed by atoms with E-state index in [0.717, 1.165) is 26.1 Å². The van der Waals surface area contributed by atoms with Crippen LogP contribution in [0.3, 0.4) is 0 Å². The summed E-state index contributed by atoms with van der Waals surface area (Å²) in [6.45, 7) is 5.05. The van der Waals surface area contributed by atoms with Gasteiger partial charge in [0.25, 0.3) is 0 Å². The third-order valence-electron chi connectivity index (χ3n) is 3.67. The number of rotatable bonds is 4. The Morgan fingerprint density at radius 1 is 1.30 bits per heavy atom. The molecule has 8 nitrogen and oxygen atoms in total. The molecule has 8 heteroatoms. The van der Waals surface area contributed by atoms with Gasteiger partial charge in [0.2, 0.25) is 17.8 Å². The number of hydrazine groups is 1. The van der Waals surface area contributed by atoms with Crippen LogP contribution in [0.25, 0.3) is 0 Å². The molecule has 1 aromatic rings. The van der Waals surface area contributed by atoms with Gasteiger partial charge in [0.1, 0.15) is 0 Å². The molecule has 0 aliphatic carbocycles. The molecule has 1 saturated heterocycles. The smallest absolute Gasteiger partial charge is 0.243 e. The van der Waals surface area contributed by atoms with Gasteiger partial charge in [-0.1, -0.05) is 6.92 Å². The van der Waals surface area contributed by atoms with Crippen LogP contribution in [0.4, 0.5) is 17.8 Å². The number of aromatic nitrogens is 3. The molecule has 0 amide bonds. The van der Waals surface area contributed by atoms with Gasteiger partial charge in [-0.3, -0.25) is 10.3 Å². The summed E-state index contributed by atoms with van der Waals surface area (Å²) in [5.41, 5.74) is 2.51. The normalized spacial score (nSPS) is 20.1. The predicted octanol–water partition coefficient (Wildman–Crippen LogP) is -0.246. The first kappa shape index (κ1) is 14.7. The van der Waals surface area contributed by atoms with Crippen LogP contribution in [0, 0.1) is 0 Å². The van der Waals surface area contributed by atoms with Crippen molar-refractivity contribution in [1.29, 1.82) is 0 Å². The predicted molar refractivity (Wildman–Crippen MR) is 80.9 cm³/mol. The molecule has 1 aliphatic heterocycles. The molecular formula is C12H24N8. The van der Waals surface area contributed by atoms with E-state index in [9.17, 15) is 0 Å². The summed E-state index contributed by atoms with van der Waals surface area (Å²) in [6, 6.07) is 0.526. The molecule has 1 fully saturated rings. The van der Waals surface area contributed by atoms with Gasteiger partial charge in [0.05, 0.1) is 0 Å². The van der Waals surface area contributed by atoms with Crippen molar-refractivity contribution in [2.24, 2.45) is 5.84 Å². The van der Waals surface area contributed by atoms with Crippen molar-refractivity contribution in [2.45, 2.75) is 19.4 Å². The Morgan fingerprint density at radius 2 is 2.05 bits per heavy atom. The van der Waals surface area contributed by atoms with E-state index in [-0.39, 0.29) is 0 Å².